The van der Waals surface area contributed by atoms with Crippen LogP contribution >= 0.6 is 0 Å². The van der Waals surface area contributed by atoms with Crippen LogP contribution in [0.1, 0.15) is 74.5 Å². The number of aliphatic carboxylic acids is 1. The first kappa shape index (κ1) is 34.1. The lowest BCUT2D eigenvalue weighted by Crippen LogP contribution is -2.45. The largest absolute Gasteiger partial charge is 0.489 e. The molecule has 4 aromatic carbocycles. The van der Waals surface area contributed by atoms with Gasteiger partial charge in [-0.25, -0.2) is 0 Å². The first-order valence-electron chi connectivity index (χ1n) is 15.4. The van der Waals surface area contributed by atoms with E-state index >= 15 is 0 Å². The molecule has 0 saturated heterocycles. The van der Waals surface area contributed by atoms with Crippen molar-refractivity contribution in [3.63, 3.8) is 0 Å². The number of rotatable bonds is 9. The van der Waals surface area contributed by atoms with Gasteiger partial charge in [-0.1, -0.05) is 97.1 Å². The molecular formula is C39H43NO6. The van der Waals surface area contributed by atoms with Crippen molar-refractivity contribution in [3.05, 3.63) is 125 Å². The van der Waals surface area contributed by atoms with Crippen LogP contribution in [0.5, 0.6) is 5.75 Å². The molecule has 0 fully saturated rings. The summed E-state index contributed by atoms with van der Waals surface area (Å²) in [5.74, 6) is -1.04. The minimum absolute atomic E-state index is 0.0103. The first-order chi connectivity index (χ1) is 21.8. The van der Waals surface area contributed by atoms with Crippen molar-refractivity contribution in [1.82, 2.24) is 5.32 Å². The number of hydrogen-bond donors (Lipinski definition) is 2. The fourth-order valence-electron chi connectivity index (χ4n) is 5.00. The Morgan fingerprint density at radius 1 is 0.717 bits per heavy atom. The SMILES string of the molecule is CC(C)(C)NCC(COc1cccc2c1-c1ccccc1C2=O)OC(=O)C(C)(C)C.O=C(O)C(c1ccccc1)c1ccccc1. The number of carbonyl (C=O) groups is 3. The summed E-state index contributed by atoms with van der Waals surface area (Å²) in [7, 11) is 0. The number of carboxylic acids is 1. The van der Waals surface area contributed by atoms with Crippen molar-refractivity contribution < 1.29 is 29.0 Å². The van der Waals surface area contributed by atoms with Crippen molar-refractivity contribution in [2.24, 2.45) is 5.41 Å². The van der Waals surface area contributed by atoms with Crippen LogP contribution < -0.4 is 10.1 Å². The second kappa shape index (κ2) is 14.6. The summed E-state index contributed by atoms with van der Waals surface area (Å²) in [6, 6.07) is 31.6. The maximum absolute atomic E-state index is 12.7. The molecule has 4 aromatic rings. The minimum Gasteiger partial charge on any atom is -0.489 e. The third-order valence-electron chi connectivity index (χ3n) is 7.40. The Morgan fingerprint density at radius 3 is 1.76 bits per heavy atom. The number of nitrogens with one attached hydrogen (secondary N) is 1. The number of carboxylic acid groups (broad SMARTS) is 1. The number of fused-ring (bicyclic) bond motifs is 3. The van der Waals surface area contributed by atoms with Gasteiger partial charge >= 0.3 is 11.9 Å². The van der Waals surface area contributed by atoms with Gasteiger partial charge in [0.05, 0.1) is 5.41 Å². The van der Waals surface area contributed by atoms with Gasteiger partial charge in [0.1, 0.15) is 24.4 Å². The molecule has 0 radical (unpaired) electrons. The molecule has 0 saturated carbocycles. The lowest BCUT2D eigenvalue weighted by Gasteiger charge is -2.28. The van der Waals surface area contributed by atoms with Crippen molar-refractivity contribution in [2.75, 3.05) is 13.2 Å². The van der Waals surface area contributed by atoms with Gasteiger partial charge in [0.15, 0.2) is 5.78 Å². The molecule has 7 heteroatoms. The molecule has 0 aliphatic heterocycles. The van der Waals surface area contributed by atoms with Crippen molar-refractivity contribution >= 4 is 17.7 Å². The molecule has 2 N–H and O–H groups in total. The zero-order valence-electron chi connectivity index (χ0n) is 27.4. The van der Waals surface area contributed by atoms with E-state index in [4.69, 9.17) is 9.47 Å². The topological polar surface area (TPSA) is 102 Å². The number of hydrogen-bond acceptors (Lipinski definition) is 6. The van der Waals surface area contributed by atoms with Gasteiger partial charge in [-0.3, -0.25) is 14.4 Å². The minimum atomic E-state index is -0.822. The molecular weight excluding hydrogens is 578 g/mol. The standard InChI is InChI=1S/C25H31NO4.C14H12O2/c1-24(2,3)23(28)30-16(14-26-25(4,5)6)15-29-20-13-9-12-19-21(20)17-10-7-8-11-18(17)22(19)27;15-14(16)13(11-7-3-1-4-8-11)12-9-5-2-6-10-12/h7-13,16,26H,14-15H2,1-6H3;1-10,13H,(H,15,16). The normalized spacial score (nSPS) is 12.8. The first-order valence-corrected chi connectivity index (χ1v) is 15.4. The summed E-state index contributed by atoms with van der Waals surface area (Å²) in [5.41, 5.74) is 3.91. The molecule has 1 aliphatic carbocycles. The van der Waals surface area contributed by atoms with E-state index in [2.05, 4.69) is 26.1 Å². The predicted octanol–water partition coefficient (Wildman–Crippen LogP) is 7.53. The van der Waals surface area contributed by atoms with Gasteiger partial charge in [-0.2, -0.15) is 0 Å². The van der Waals surface area contributed by atoms with Gasteiger partial charge in [0, 0.05) is 28.8 Å². The average molecular weight is 622 g/mol. The monoisotopic (exact) mass is 621 g/mol. The van der Waals surface area contributed by atoms with E-state index < -0.39 is 23.4 Å². The molecule has 5 rings (SSSR count). The second-order valence-corrected chi connectivity index (χ2v) is 13.4. The van der Waals surface area contributed by atoms with E-state index in [-0.39, 0.29) is 23.9 Å². The van der Waals surface area contributed by atoms with Crippen LogP contribution in [0.15, 0.2) is 103 Å². The average Bonchev–Trinajstić information content (AvgIpc) is 3.31. The fourth-order valence-corrected chi connectivity index (χ4v) is 5.00. The maximum Gasteiger partial charge on any atom is 0.315 e. The van der Waals surface area contributed by atoms with Gasteiger partial charge in [-0.15, -0.1) is 0 Å². The van der Waals surface area contributed by atoms with Crippen LogP contribution in [0.4, 0.5) is 0 Å². The molecule has 46 heavy (non-hydrogen) atoms. The predicted molar refractivity (Wildman–Crippen MR) is 180 cm³/mol. The molecule has 7 nitrogen and oxygen atoms in total. The Morgan fingerprint density at radius 2 is 1.24 bits per heavy atom. The second-order valence-electron chi connectivity index (χ2n) is 13.4. The third kappa shape index (κ3) is 8.70. The Labute approximate surface area is 271 Å². The van der Waals surface area contributed by atoms with Crippen LogP contribution in [0, 0.1) is 5.41 Å². The van der Waals surface area contributed by atoms with Crippen LogP contribution in [-0.4, -0.2) is 47.6 Å². The van der Waals surface area contributed by atoms with E-state index in [1.54, 1.807) is 0 Å². The lowest BCUT2D eigenvalue weighted by molar-refractivity contribution is -0.160. The molecule has 1 unspecified atom stereocenters. The molecule has 0 spiro atoms. The molecule has 0 amide bonds. The highest BCUT2D eigenvalue weighted by molar-refractivity contribution is 6.22. The Hall–Kier alpha value is -4.75. The number of esters is 1. The summed E-state index contributed by atoms with van der Waals surface area (Å²) in [5, 5.41) is 12.7. The van der Waals surface area contributed by atoms with E-state index in [0.29, 0.717) is 23.4 Å². The Bertz CT molecular complexity index is 1610. The molecule has 0 aromatic heterocycles. The molecule has 1 aliphatic rings. The van der Waals surface area contributed by atoms with Crippen LogP contribution in [0.25, 0.3) is 11.1 Å². The summed E-state index contributed by atoms with van der Waals surface area (Å²) in [4.78, 5) is 36.5. The van der Waals surface area contributed by atoms with E-state index in [0.717, 1.165) is 22.3 Å². The maximum atomic E-state index is 12.7. The van der Waals surface area contributed by atoms with Crippen molar-refractivity contribution in [2.45, 2.75) is 59.1 Å². The molecule has 240 valence electrons. The van der Waals surface area contributed by atoms with Crippen LogP contribution in [0.3, 0.4) is 0 Å². The quantitative estimate of drug-likeness (QED) is 0.164. The Kier molecular flexibility index (Phi) is 10.8. The van der Waals surface area contributed by atoms with E-state index in [1.165, 1.54) is 0 Å². The third-order valence-corrected chi connectivity index (χ3v) is 7.40. The number of carbonyl (C=O) groups excluding carboxylic acids is 2. The van der Waals surface area contributed by atoms with E-state index in [9.17, 15) is 19.5 Å². The van der Waals surface area contributed by atoms with Crippen LogP contribution in [0.2, 0.25) is 0 Å². The van der Waals surface area contributed by atoms with Gasteiger partial charge in [-0.05, 0) is 64.3 Å². The summed E-state index contributed by atoms with van der Waals surface area (Å²) in [6.45, 7) is 12.3. The number of benzene rings is 4. The summed E-state index contributed by atoms with van der Waals surface area (Å²) >= 11 is 0. The van der Waals surface area contributed by atoms with Gasteiger partial charge in [0.25, 0.3) is 0 Å². The molecule has 1 atom stereocenters. The van der Waals surface area contributed by atoms with Crippen LogP contribution in [-0.2, 0) is 14.3 Å². The summed E-state index contributed by atoms with van der Waals surface area (Å²) < 4.78 is 11.9. The number of ketones is 1. The van der Waals surface area contributed by atoms with Crippen molar-refractivity contribution in [1.29, 1.82) is 0 Å². The number of ether oxygens (including phenoxy) is 2. The van der Waals surface area contributed by atoms with Crippen molar-refractivity contribution in [3.8, 4) is 16.9 Å². The highest BCUT2D eigenvalue weighted by atomic mass is 16.6. The highest BCUT2D eigenvalue weighted by Crippen LogP contribution is 2.42. The highest BCUT2D eigenvalue weighted by Gasteiger charge is 2.31. The fraction of sp³-hybridized carbons (Fsp3) is 0.308. The summed E-state index contributed by atoms with van der Waals surface area (Å²) in [6.07, 6.45) is -0.459. The zero-order chi connectivity index (χ0) is 33.5. The van der Waals surface area contributed by atoms with E-state index in [1.807, 2.05) is 124 Å². The lowest BCUT2D eigenvalue weighted by atomic mass is 9.92. The molecule has 0 heterocycles. The Balaban J connectivity index is 0.000000252. The van der Waals surface area contributed by atoms with Gasteiger partial charge < -0.3 is 19.9 Å². The smallest absolute Gasteiger partial charge is 0.315 e. The zero-order valence-corrected chi connectivity index (χ0v) is 27.4. The van der Waals surface area contributed by atoms with Gasteiger partial charge in [0.2, 0.25) is 0 Å². The molecule has 0 bridgehead atoms.